The first-order valence-corrected chi connectivity index (χ1v) is 2.83. The summed E-state index contributed by atoms with van der Waals surface area (Å²) in [6, 6.07) is 0. The lowest BCUT2D eigenvalue weighted by molar-refractivity contribution is 0.417. The number of isocyanates is 1. The molecule has 0 bridgehead atoms. The van der Waals surface area contributed by atoms with Crippen LogP contribution in [0.5, 0.6) is 0 Å². The maximum absolute atomic E-state index is 9.76. The van der Waals surface area contributed by atoms with Gasteiger partial charge in [0.1, 0.15) is 5.69 Å². The highest BCUT2D eigenvalue weighted by molar-refractivity contribution is 6.31. The van der Waals surface area contributed by atoms with Crippen molar-refractivity contribution < 1.29 is 9.32 Å². The van der Waals surface area contributed by atoms with Gasteiger partial charge in [-0.3, -0.25) is 0 Å². The molecule has 1 rings (SSSR count). The zero-order valence-corrected chi connectivity index (χ0v) is 5.84. The van der Waals surface area contributed by atoms with Crippen LogP contribution in [-0.4, -0.2) is 11.2 Å². The average Bonchev–Trinajstić information content (AvgIpc) is 2.20. The number of hydrogen-bond donors (Lipinski definition) is 0. The van der Waals surface area contributed by atoms with Gasteiger partial charge in [-0.15, -0.1) is 0 Å². The Morgan fingerprint density at radius 1 is 1.80 bits per heavy atom. The first-order chi connectivity index (χ1) is 4.75. The average molecular weight is 159 g/mol. The molecule has 0 atom stereocenters. The number of rotatable bonds is 1. The summed E-state index contributed by atoms with van der Waals surface area (Å²) in [5, 5.41) is 3.47. The van der Waals surface area contributed by atoms with E-state index in [1.807, 2.05) is 0 Å². The number of halogens is 1. The van der Waals surface area contributed by atoms with Gasteiger partial charge in [-0.1, -0.05) is 5.16 Å². The maximum atomic E-state index is 9.76. The quantitative estimate of drug-likeness (QED) is 0.461. The van der Waals surface area contributed by atoms with E-state index in [0.29, 0.717) is 5.69 Å². The second-order valence-corrected chi connectivity index (χ2v) is 1.94. The highest BCUT2D eigenvalue weighted by Crippen LogP contribution is 2.26. The molecule has 1 heterocycles. The third-order valence-corrected chi connectivity index (χ3v) is 1.20. The lowest BCUT2D eigenvalue weighted by atomic mass is 10.4. The second kappa shape index (κ2) is 2.64. The lowest BCUT2D eigenvalue weighted by Crippen LogP contribution is -1.66. The van der Waals surface area contributed by atoms with E-state index >= 15 is 0 Å². The molecule has 52 valence electrons. The summed E-state index contributed by atoms with van der Waals surface area (Å²) in [7, 11) is 0. The minimum atomic E-state index is 0.0147. The highest BCUT2D eigenvalue weighted by atomic mass is 35.5. The van der Waals surface area contributed by atoms with Crippen LogP contribution in [-0.2, 0) is 4.79 Å². The van der Waals surface area contributed by atoms with E-state index in [0.717, 1.165) is 0 Å². The van der Waals surface area contributed by atoms with E-state index in [1.54, 1.807) is 6.92 Å². The number of hydrogen-bond acceptors (Lipinski definition) is 4. The van der Waals surface area contributed by atoms with Gasteiger partial charge in [-0.2, -0.15) is 4.99 Å². The molecule has 0 aliphatic carbocycles. The Morgan fingerprint density at radius 3 is 2.90 bits per heavy atom. The van der Waals surface area contributed by atoms with Crippen LogP contribution in [0.25, 0.3) is 0 Å². The molecular formula is C5H3ClN2O2. The minimum Gasteiger partial charge on any atom is -0.342 e. The first-order valence-electron chi connectivity index (χ1n) is 2.45. The summed E-state index contributed by atoms with van der Waals surface area (Å²) >= 11 is 5.42. The molecule has 0 amide bonds. The van der Waals surface area contributed by atoms with Gasteiger partial charge in [-0.25, -0.2) is 4.79 Å². The molecular weight excluding hydrogens is 156 g/mol. The third-order valence-electron chi connectivity index (χ3n) is 0.949. The SMILES string of the molecule is Cc1noc(Cl)c1N=C=O. The number of carbonyl (C=O) groups excluding carboxylic acids is 1. The molecule has 10 heavy (non-hydrogen) atoms. The van der Waals surface area contributed by atoms with Crippen molar-refractivity contribution in [1.82, 2.24) is 5.16 Å². The highest BCUT2D eigenvalue weighted by Gasteiger charge is 2.08. The van der Waals surface area contributed by atoms with Crippen molar-refractivity contribution in [1.29, 1.82) is 0 Å². The van der Waals surface area contributed by atoms with E-state index < -0.39 is 0 Å². The van der Waals surface area contributed by atoms with Gasteiger partial charge in [0, 0.05) is 0 Å². The fraction of sp³-hybridized carbons (Fsp3) is 0.200. The normalized spacial score (nSPS) is 9.00. The monoisotopic (exact) mass is 158 g/mol. The van der Waals surface area contributed by atoms with Crippen LogP contribution >= 0.6 is 11.6 Å². The van der Waals surface area contributed by atoms with Crippen LogP contribution in [0.2, 0.25) is 5.22 Å². The molecule has 0 radical (unpaired) electrons. The van der Waals surface area contributed by atoms with Gasteiger partial charge in [0.2, 0.25) is 6.08 Å². The van der Waals surface area contributed by atoms with E-state index in [4.69, 9.17) is 11.6 Å². The summed E-state index contributed by atoms with van der Waals surface area (Å²) in [5.74, 6) is 0. The van der Waals surface area contributed by atoms with Crippen LogP contribution < -0.4 is 0 Å². The summed E-state index contributed by atoms with van der Waals surface area (Å²) in [4.78, 5) is 13.0. The first kappa shape index (κ1) is 6.99. The van der Waals surface area contributed by atoms with Crippen LogP contribution in [0, 0.1) is 6.92 Å². The summed E-state index contributed by atoms with van der Waals surface area (Å²) in [6.45, 7) is 1.63. The molecule has 0 saturated carbocycles. The zero-order chi connectivity index (χ0) is 7.56. The Kier molecular flexibility index (Phi) is 1.85. The molecule has 5 heteroatoms. The predicted molar refractivity (Wildman–Crippen MR) is 34.0 cm³/mol. The number of aryl methyl sites for hydroxylation is 1. The van der Waals surface area contributed by atoms with Crippen molar-refractivity contribution >= 4 is 23.4 Å². The molecule has 0 aliphatic rings. The van der Waals surface area contributed by atoms with E-state index in [2.05, 4.69) is 14.7 Å². The summed E-state index contributed by atoms with van der Waals surface area (Å²) < 4.78 is 4.49. The maximum Gasteiger partial charge on any atom is 0.252 e. The number of aromatic nitrogens is 1. The topological polar surface area (TPSA) is 55.5 Å². The largest absolute Gasteiger partial charge is 0.342 e. The van der Waals surface area contributed by atoms with Crippen molar-refractivity contribution in [2.75, 3.05) is 0 Å². The van der Waals surface area contributed by atoms with Gasteiger partial charge in [0.15, 0.2) is 5.69 Å². The van der Waals surface area contributed by atoms with Gasteiger partial charge in [0.05, 0.1) is 0 Å². The molecule has 0 unspecified atom stereocenters. The smallest absolute Gasteiger partial charge is 0.252 e. The Hall–Kier alpha value is -1.12. The molecule has 1 aromatic heterocycles. The Balaban J connectivity index is 3.22. The molecule has 0 aromatic carbocycles. The van der Waals surface area contributed by atoms with Crippen molar-refractivity contribution in [3.8, 4) is 0 Å². The van der Waals surface area contributed by atoms with Crippen molar-refractivity contribution in [3.05, 3.63) is 10.9 Å². The van der Waals surface area contributed by atoms with Crippen molar-refractivity contribution in [3.63, 3.8) is 0 Å². The van der Waals surface area contributed by atoms with E-state index in [1.165, 1.54) is 6.08 Å². The zero-order valence-electron chi connectivity index (χ0n) is 5.09. The van der Waals surface area contributed by atoms with E-state index in [-0.39, 0.29) is 10.9 Å². The summed E-state index contributed by atoms with van der Waals surface area (Å²) in [6.07, 6.45) is 1.34. The lowest BCUT2D eigenvalue weighted by Gasteiger charge is -1.79. The molecule has 0 spiro atoms. The molecule has 4 nitrogen and oxygen atoms in total. The van der Waals surface area contributed by atoms with Crippen LogP contribution in [0.1, 0.15) is 5.69 Å². The van der Waals surface area contributed by atoms with Gasteiger partial charge in [0.25, 0.3) is 5.22 Å². The van der Waals surface area contributed by atoms with Crippen LogP contribution in [0.3, 0.4) is 0 Å². The second-order valence-electron chi connectivity index (χ2n) is 1.59. The van der Waals surface area contributed by atoms with Gasteiger partial charge < -0.3 is 4.52 Å². The van der Waals surface area contributed by atoms with Crippen LogP contribution in [0.4, 0.5) is 5.69 Å². The molecule has 0 fully saturated rings. The molecule has 1 aromatic rings. The van der Waals surface area contributed by atoms with Gasteiger partial charge in [-0.05, 0) is 18.5 Å². The predicted octanol–water partition coefficient (Wildman–Crippen LogP) is 1.60. The Labute approximate surface area is 61.5 Å². The Bertz CT molecular complexity index is 268. The Morgan fingerprint density at radius 2 is 2.50 bits per heavy atom. The van der Waals surface area contributed by atoms with Crippen LogP contribution in [0.15, 0.2) is 9.52 Å². The number of aliphatic imine (C=N–C) groups is 1. The third kappa shape index (κ3) is 1.07. The fourth-order valence-electron chi connectivity index (χ4n) is 0.508. The fourth-order valence-corrected chi connectivity index (χ4v) is 0.721. The summed E-state index contributed by atoms with van der Waals surface area (Å²) in [5.41, 5.74) is 0.727. The molecule has 0 saturated heterocycles. The molecule has 0 N–H and O–H groups in total. The standard InChI is InChI=1S/C5H3ClN2O2/c1-3-4(7-2-9)5(6)10-8-3/h1H3. The van der Waals surface area contributed by atoms with Crippen molar-refractivity contribution in [2.24, 2.45) is 4.99 Å². The van der Waals surface area contributed by atoms with Gasteiger partial charge >= 0.3 is 0 Å². The van der Waals surface area contributed by atoms with Crippen molar-refractivity contribution in [2.45, 2.75) is 6.92 Å². The number of nitrogens with zero attached hydrogens (tertiary/aromatic N) is 2. The minimum absolute atomic E-state index is 0.0147. The molecule has 0 aliphatic heterocycles. The van der Waals surface area contributed by atoms with E-state index in [9.17, 15) is 4.79 Å².